The Balaban J connectivity index is 1.08. The first-order valence-electron chi connectivity index (χ1n) is 35.9. The molecule has 0 spiro atoms. The fourth-order valence-corrected chi connectivity index (χ4v) is 16.3. The molecule has 0 atom stereocenters. The zero-order chi connectivity index (χ0) is 66.1. The molecule has 14 aromatic rings. The number of fused-ring (bicyclic) bond motifs is 10. The summed E-state index contributed by atoms with van der Waals surface area (Å²) in [5.41, 5.74) is 30.8. The average molecular weight is 1260 g/mol. The van der Waals surface area contributed by atoms with Crippen LogP contribution in [0.5, 0.6) is 0 Å². The highest BCUT2D eigenvalue weighted by Gasteiger charge is 2.46. The van der Waals surface area contributed by atoms with Crippen LogP contribution in [0.4, 0.5) is 34.1 Å². The van der Waals surface area contributed by atoms with Gasteiger partial charge in [0.15, 0.2) is 0 Å². The molecule has 2 aromatic heterocycles. The molecule has 0 radical (unpaired) electrons. The van der Waals surface area contributed by atoms with Crippen molar-refractivity contribution in [3.8, 4) is 44.8 Å². The van der Waals surface area contributed by atoms with Gasteiger partial charge < -0.3 is 18.9 Å². The third-order valence-corrected chi connectivity index (χ3v) is 21.1. The largest absolute Gasteiger partial charge is 0.311 e. The Bertz CT molecular complexity index is 5090. The zero-order valence-corrected chi connectivity index (χ0v) is 57.8. The molecular weight excluding hydrogens is 1170 g/mol. The molecule has 0 aliphatic carbocycles. The minimum Gasteiger partial charge on any atom is -0.311 e. The molecule has 478 valence electrons. The molecule has 0 bridgehead atoms. The van der Waals surface area contributed by atoms with Crippen LogP contribution in [0.25, 0.3) is 88.4 Å². The predicted molar refractivity (Wildman–Crippen MR) is 419 cm³/mol. The molecule has 12 aromatic carbocycles. The monoisotopic (exact) mass is 1260 g/mol. The Morgan fingerprint density at radius 3 is 1.06 bits per heavy atom. The van der Waals surface area contributed by atoms with Crippen molar-refractivity contribution >= 4 is 101 Å². The summed E-state index contributed by atoms with van der Waals surface area (Å²) in [4.78, 5) is 5.60. The van der Waals surface area contributed by atoms with Gasteiger partial charge in [0.1, 0.15) is 0 Å². The highest BCUT2D eigenvalue weighted by atomic mass is 15.2. The maximum atomic E-state index is 2.84. The van der Waals surface area contributed by atoms with E-state index in [1.54, 1.807) is 0 Å². The number of anilines is 6. The second kappa shape index (κ2) is 25.2. The normalized spacial score (nSPS) is 12.9. The zero-order valence-electron chi connectivity index (χ0n) is 57.8. The first kappa shape index (κ1) is 61.8. The predicted octanol–water partition coefficient (Wildman–Crippen LogP) is 23.8. The summed E-state index contributed by atoms with van der Waals surface area (Å²) in [6.45, 7) is 18.9. The molecule has 2 aliphatic heterocycles. The van der Waals surface area contributed by atoms with E-state index in [9.17, 15) is 0 Å². The minimum absolute atomic E-state index is 0.158. The van der Waals surface area contributed by atoms with Crippen molar-refractivity contribution in [3.05, 3.63) is 283 Å². The number of aromatic nitrogens is 2. The molecule has 0 fully saturated rings. The van der Waals surface area contributed by atoms with E-state index in [4.69, 9.17) is 0 Å². The van der Waals surface area contributed by atoms with Crippen molar-refractivity contribution in [1.29, 1.82) is 0 Å². The van der Waals surface area contributed by atoms with Crippen LogP contribution in [0.15, 0.2) is 261 Å². The first-order valence-corrected chi connectivity index (χ1v) is 35.9. The summed E-state index contributed by atoms with van der Waals surface area (Å²) in [5, 5.41) is 5.02. The van der Waals surface area contributed by atoms with Crippen LogP contribution in [-0.2, 0) is 23.7 Å². The number of benzene rings is 12. The van der Waals surface area contributed by atoms with Crippen LogP contribution in [0, 0.1) is 0 Å². The van der Waals surface area contributed by atoms with Gasteiger partial charge >= 0.3 is 0 Å². The van der Waals surface area contributed by atoms with E-state index < -0.39 is 0 Å². The molecule has 97 heavy (non-hydrogen) atoms. The Kier molecular flexibility index (Phi) is 16.0. The number of aryl methyl sites for hydroxylation is 2. The molecule has 16 rings (SSSR count). The van der Waals surface area contributed by atoms with Gasteiger partial charge in [0.2, 0.25) is 0 Å². The molecule has 5 heteroatoms. The lowest BCUT2D eigenvalue weighted by atomic mass is 9.33. The van der Waals surface area contributed by atoms with Crippen LogP contribution >= 0.6 is 0 Å². The van der Waals surface area contributed by atoms with Gasteiger partial charge in [-0.25, -0.2) is 0 Å². The summed E-state index contributed by atoms with van der Waals surface area (Å²) in [6, 6.07) is 100. The quantitative estimate of drug-likeness (QED) is 0.0667. The summed E-state index contributed by atoms with van der Waals surface area (Å²) in [6.07, 6.45) is 11.4. The Labute approximate surface area is 574 Å². The van der Waals surface area contributed by atoms with E-state index in [-0.39, 0.29) is 17.5 Å². The Morgan fingerprint density at radius 1 is 0.309 bits per heavy atom. The van der Waals surface area contributed by atoms with Gasteiger partial charge in [-0.1, -0.05) is 270 Å². The third kappa shape index (κ3) is 10.9. The number of para-hydroxylation sites is 4. The summed E-state index contributed by atoms with van der Waals surface area (Å²) < 4.78 is 5.06. The van der Waals surface area contributed by atoms with Crippen LogP contribution in [0.1, 0.15) is 129 Å². The van der Waals surface area contributed by atoms with Crippen molar-refractivity contribution in [3.63, 3.8) is 0 Å². The van der Waals surface area contributed by atoms with Crippen molar-refractivity contribution in [1.82, 2.24) is 9.13 Å². The molecule has 0 saturated heterocycles. The molecule has 4 heterocycles. The third-order valence-electron chi connectivity index (χ3n) is 21.1. The number of hydrogen-bond acceptors (Lipinski definition) is 2. The van der Waals surface area contributed by atoms with Crippen molar-refractivity contribution in [2.24, 2.45) is 0 Å². The van der Waals surface area contributed by atoms with Crippen LogP contribution in [0.2, 0.25) is 0 Å². The van der Waals surface area contributed by atoms with Crippen molar-refractivity contribution < 1.29 is 0 Å². The van der Waals surface area contributed by atoms with Crippen molar-refractivity contribution in [2.75, 3.05) is 9.80 Å². The van der Waals surface area contributed by atoms with Gasteiger partial charge in [-0.05, 0) is 182 Å². The van der Waals surface area contributed by atoms with E-state index >= 15 is 0 Å². The minimum atomic E-state index is -0.266. The lowest BCUT2D eigenvalue weighted by Crippen LogP contribution is -2.61. The van der Waals surface area contributed by atoms with E-state index in [2.05, 4.69) is 335 Å². The Morgan fingerprint density at radius 2 is 0.670 bits per heavy atom. The van der Waals surface area contributed by atoms with Gasteiger partial charge in [0.25, 0.3) is 6.71 Å². The van der Waals surface area contributed by atoms with Gasteiger partial charge in [-0.2, -0.15) is 0 Å². The first-order chi connectivity index (χ1) is 47.4. The maximum absolute atomic E-state index is 2.84. The highest BCUT2D eigenvalue weighted by Crippen LogP contribution is 2.54. The molecule has 0 amide bonds. The van der Waals surface area contributed by atoms with Crippen LogP contribution in [-0.4, -0.2) is 15.8 Å². The van der Waals surface area contributed by atoms with Crippen molar-refractivity contribution in [2.45, 2.75) is 130 Å². The standard InChI is InChI=1S/C92H87BN4/c1-9-11-13-18-40-65-54-67(62-34-20-15-21-35-62)55-66(41-19-14-12-10-2)89(65)96-84-60-70(94-80-46-30-26-42-72(80)73-43-27-31-47-81(73)94)50-52-78(84)93-79-53-51-71(95-82-48-32-28-44-74(82)75-45-29-33-49-83(75)95)61-85(79)97(87-59-69(92(6,7)8)58-86(96)88(87)93)90-76(63-36-22-16-23-37-63)56-68(91(3,4)5)57-77(90)64-38-24-17-25-39-64/h15-17,20-39,42-61H,9-14,18-19,40-41H2,1-8H3. The van der Waals surface area contributed by atoms with Crippen LogP contribution in [0.3, 0.4) is 0 Å². The smallest absolute Gasteiger partial charge is 0.252 e. The van der Waals surface area contributed by atoms with E-state index in [0.29, 0.717) is 0 Å². The molecule has 0 N–H and O–H groups in total. The molecule has 4 nitrogen and oxygen atoms in total. The summed E-state index contributed by atoms with van der Waals surface area (Å²) in [7, 11) is 0. The molecule has 0 unspecified atom stereocenters. The summed E-state index contributed by atoms with van der Waals surface area (Å²) >= 11 is 0. The number of rotatable bonds is 17. The van der Waals surface area contributed by atoms with E-state index in [1.807, 2.05) is 0 Å². The van der Waals surface area contributed by atoms with Gasteiger partial charge in [0.05, 0.1) is 33.4 Å². The number of nitrogens with zero attached hydrogens (tertiary/aromatic N) is 4. The fourth-order valence-electron chi connectivity index (χ4n) is 16.3. The number of unbranched alkanes of at least 4 members (excludes halogenated alkanes) is 6. The molecular formula is C92H87BN4. The topological polar surface area (TPSA) is 16.3 Å². The molecule has 2 aliphatic rings. The van der Waals surface area contributed by atoms with Gasteiger partial charge in [-0.3, -0.25) is 0 Å². The second-order valence-electron chi connectivity index (χ2n) is 29.5. The lowest BCUT2D eigenvalue weighted by molar-refractivity contribution is 0.590. The average Bonchev–Trinajstić information content (AvgIpc) is 1.52. The maximum Gasteiger partial charge on any atom is 0.252 e. The molecule has 0 saturated carbocycles. The second-order valence-corrected chi connectivity index (χ2v) is 29.5. The van der Waals surface area contributed by atoms with Gasteiger partial charge in [-0.15, -0.1) is 0 Å². The number of hydrogen-bond donors (Lipinski definition) is 0. The summed E-state index contributed by atoms with van der Waals surface area (Å²) in [5.74, 6) is 0. The SMILES string of the molecule is CCCCCCc1cc(-c2ccccc2)cc(CCCCCC)c1N1c2cc(-n3c4ccccc4c4ccccc43)ccc2B2c3ccc(-n4c5ccccc5c5ccccc54)cc3N(c3c(-c4ccccc4)cc(C(C)(C)C)cc3-c3ccccc3)c3cc(C(C)(C)C)cc1c32. The Hall–Kier alpha value is -10.1. The highest BCUT2D eigenvalue weighted by molar-refractivity contribution is 7.00. The van der Waals surface area contributed by atoms with E-state index in [0.717, 1.165) is 37.1 Å². The fraction of sp³-hybridized carbons (Fsp3) is 0.217. The van der Waals surface area contributed by atoms with Gasteiger partial charge in [0, 0.05) is 66.8 Å². The van der Waals surface area contributed by atoms with E-state index in [1.165, 1.54) is 188 Å². The lowest BCUT2D eigenvalue weighted by Gasteiger charge is -2.47. The van der Waals surface area contributed by atoms with Crippen LogP contribution < -0.4 is 26.2 Å².